The fourth-order valence-corrected chi connectivity index (χ4v) is 3.97. The standard InChI is InChI=1S/C22H30BrN5O7/c1-21(2,3)19(31)33-7-9-13(35-20(32)22(4,5)6)12(29)18(34-9)28-8-26-15(24)11-10(16(25)30)14(23)27-17(11)28/h8-9,12-13,18,29H,7,24H2,1-6H3,(H2,25,30). The molecule has 0 radical (unpaired) electrons. The molecule has 1 amide bonds. The van der Waals surface area contributed by atoms with Crippen LogP contribution in [0.3, 0.4) is 0 Å². The van der Waals surface area contributed by atoms with Crippen molar-refractivity contribution in [1.29, 1.82) is 0 Å². The van der Waals surface area contributed by atoms with Crippen LogP contribution >= 0.6 is 15.9 Å². The van der Waals surface area contributed by atoms with Crippen LogP contribution in [-0.4, -0.2) is 62.4 Å². The zero-order valence-electron chi connectivity index (χ0n) is 20.4. The first-order valence-corrected chi connectivity index (χ1v) is 11.7. The van der Waals surface area contributed by atoms with E-state index in [1.807, 2.05) is 0 Å². The predicted octanol–water partition coefficient (Wildman–Crippen LogP) is 1.63. The van der Waals surface area contributed by atoms with E-state index in [0.29, 0.717) is 0 Å². The lowest BCUT2D eigenvalue weighted by atomic mass is 9.97. The molecule has 5 N–H and O–H groups in total. The number of hydrogen-bond donors (Lipinski definition) is 3. The maximum absolute atomic E-state index is 12.6. The van der Waals surface area contributed by atoms with Gasteiger partial charge in [0.25, 0.3) is 5.91 Å². The first-order valence-electron chi connectivity index (χ1n) is 10.9. The molecule has 0 bridgehead atoms. The van der Waals surface area contributed by atoms with Crippen LogP contribution in [-0.2, 0) is 23.8 Å². The first-order chi connectivity index (χ1) is 16.0. The van der Waals surface area contributed by atoms with Gasteiger partial charge in [0, 0.05) is 0 Å². The zero-order chi connectivity index (χ0) is 26.5. The molecule has 0 aromatic rings. The number of carbonyl (C=O) groups is 3. The van der Waals surface area contributed by atoms with Crippen molar-refractivity contribution in [2.75, 3.05) is 12.3 Å². The van der Waals surface area contributed by atoms with Crippen LogP contribution in [0.5, 0.6) is 0 Å². The second kappa shape index (κ2) is 9.36. The van der Waals surface area contributed by atoms with Crippen LogP contribution < -0.4 is 11.5 Å². The van der Waals surface area contributed by atoms with Crippen molar-refractivity contribution >= 4 is 39.6 Å². The Bertz CT molecular complexity index is 1120. The highest BCUT2D eigenvalue weighted by Crippen LogP contribution is 2.40. The van der Waals surface area contributed by atoms with Gasteiger partial charge in [-0.2, -0.15) is 0 Å². The van der Waals surface area contributed by atoms with Crippen molar-refractivity contribution in [3.63, 3.8) is 0 Å². The third-order valence-electron chi connectivity index (χ3n) is 5.38. The Hall–Kier alpha value is -2.77. The minimum absolute atomic E-state index is 0.00195. The monoisotopic (exact) mass is 555 g/mol. The highest BCUT2D eigenvalue weighted by atomic mass is 79.9. The maximum atomic E-state index is 12.6. The number of esters is 2. The Morgan fingerprint density at radius 2 is 1.77 bits per heavy atom. The van der Waals surface area contributed by atoms with E-state index in [1.54, 1.807) is 41.5 Å². The van der Waals surface area contributed by atoms with E-state index in [9.17, 15) is 19.5 Å². The lowest BCUT2D eigenvalue weighted by Crippen LogP contribution is -2.41. The average Bonchev–Trinajstić information content (AvgIpc) is 3.23. The lowest BCUT2D eigenvalue weighted by Gasteiger charge is -2.26. The Labute approximate surface area is 210 Å². The van der Waals surface area contributed by atoms with E-state index in [1.165, 1.54) is 10.9 Å². The van der Waals surface area contributed by atoms with E-state index in [2.05, 4.69) is 25.9 Å². The topological polar surface area (TPSA) is 182 Å². The number of anilines is 1. The highest BCUT2D eigenvalue weighted by Gasteiger charge is 2.50. The minimum atomic E-state index is -1.40. The molecule has 3 aliphatic heterocycles. The Kier molecular flexibility index (Phi) is 7.17. The van der Waals surface area contributed by atoms with Gasteiger partial charge >= 0.3 is 11.9 Å². The van der Waals surface area contributed by atoms with Crippen LogP contribution in [0.2, 0.25) is 0 Å². The summed E-state index contributed by atoms with van der Waals surface area (Å²) in [7, 11) is 0. The van der Waals surface area contributed by atoms with Crippen LogP contribution in [0.25, 0.3) is 11.4 Å². The third kappa shape index (κ3) is 5.26. The number of halogens is 1. The number of nitrogens with two attached hydrogens (primary N) is 2. The summed E-state index contributed by atoms with van der Waals surface area (Å²) in [6.45, 7) is 9.82. The first kappa shape index (κ1) is 26.8. The number of rotatable bonds is 5. The van der Waals surface area contributed by atoms with Gasteiger partial charge < -0.3 is 30.8 Å². The summed E-state index contributed by atoms with van der Waals surface area (Å²) in [6.07, 6.45) is -3.45. The van der Waals surface area contributed by atoms with Gasteiger partial charge in [-0.15, -0.1) is 0 Å². The minimum Gasteiger partial charge on any atom is -0.462 e. The summed E-state index contributed by atoms with van der Waals surface area (Å²) < 4.78 is 18.5. The Morgan fingerprint density at radius 3 is 2.31 bits per heavy atom. The summed E-state index contributed by atoms with van der Waals surface area (Å²) in [5.41, 5.74) is 10.0. The van der Waals surface area contributed by atoms with Crippen molar-refractivity contribution in [2.24, 2.45) is 16.6 Å². The van der Waals surface area contributed by atoms with Gasteiger partial charge in [-0.1, -0.05) is 0 Å². The van der Waals surface area contributed by atoms with Gasteiger partial charge in [-0.3, -0.25) is 19.0 Å². The smallest absolute Gasteiger partial charge is 0.311 e. The van der Waals surface area contributed by atoms with Crippen LogP contribution in [0.4, 0.5) is 5.82 Å². The Morgan fingerprint density at radius 1 is 1.17 bits per heavy atom. The molecule has 12 nitrogen and oxygen atoms in total. The second-order valence-electron chi connectivity index (χ2n) is 10.4. The molecule has 3 rings (SSSR count). The predicted molar refractivity (Wildman–Crippen MR) is 127 cm³/mol. The molecule has 0 spiro atoms. The number of nitrogen functional groups attached to an aromatic ring is 1. The summed E-state index contributed by atoms with van der Waals surface area (Å²) in [4.78, 5) is 45.3. The van der Waals surface area contributed by atoms with Crippen molar-refractivity contribution in [1.82, 2.24) is 14.5 Å². The van der Waals surface area contributed by atoms with Crippen molar-refractivity contribution < 1.29 is 33.7 Å². The summed E-state index contributed by atoms with van der Waals surface area (Å²) in [5.74, 6) is -1.68. The summed E-state index contributed by atoms with van der Waals surface area (Å²) in [5, 5.41) is 11.2. The number of aliphatic hydroxyl groups excluding tert-OH is 1. The molecule has 0 aliphatic carbocycles. The number of fused-ring (bicyclic) bond motifs is 1. The molecule has 0 saturated carbocycles. The average molecular weight is 556 g/mol. The van der Waals surface area contributed by atoms with Gasteiger partial charge in [0.2, 0.25) is 0 Å². The van der Waals surface area contributed by atoms with Gasteiger partial charge in [-0.25, -0.2) is 9.97 Å². The normalized spacial score (nSPS) is 22.9. The molecule has 4 unspecified atom stereocenters. The molecule has 3 heterocycles. The molecule has 1 saturated heterocycles. The van der Waals surface area contributed by atoms with Crippen LogP contribution in [0.15, 0.2) is 10.9 Å². The molecule has 3 aliphatic rings. The van der Waals surface area contributed by atoms with Crippen LogP contribution in [0.1, 0.15) is 58.1 Å². The summed E-state index contributed by atoms with van der Waals surface area (Å²) in [6, 6.07) is 0. The number of amides is 1. The number of nitrogens with zero attached hydrogens (tertiary/aromatic N) is 3. The quantitative estimate of drug-likeness (QED) is 0.458. The van der Waals surface area contributed by atoms with E-state index in [-0.39, 0.29) is 34.0 Å². The molecule has 13 heteroatoms. The van der Waals surface area contributed by atoms with E-state index in [0.717, 1.165) is 0 Å². The maximum Gasteiger partial charge on any atom is 0.311 e. The number of primary amides is 1. The number of hydrogen-bond acceptors (Lipinski definition) is 10. The Balaban J connectivity index is 1.99. The van der Waals surface area contributed by atoms with Crippen molar-refractivity contribution in [3.8, 4) is 11.4 Å². The molecule has 35 heavy (non-hydrogen) atoms. The largest absolute Gasteiger partial charge is 0.462 e. The van der Waals surface area contributed by atoms with Crippen molar-refractivity contribution in [2.45, 2.75) is 66.1 Å². The third-order valence-corrected chi connectivity index (χ3v) is 5.96. The molecule has 1 fully saturated rings. The van der Waals surface area contributed by atoms with Crippen LogP contribution in [0, 0.1) is 10.8 Å². The number of ether oxygens (including phenoxy) is 3. The van der Waals surface area contributed by atoms with E-state index in [4.69, 9.17) is 25.7 Å². The van der Waals surface area contributed by atoms with E-state index >= 15 is 0 Å². The lowest BCUT2D eigenvalue weighted by molar-refractivity contribution is -0.169. The van der Waals surface area contributed by atoms with Gasteiger partial charge in [-0.05, 0) is 57.5 Å². The molecule has 0 aromatic carbocycles. The van der Waals surface area contributed by atoms with Gasteiger partial charge in [0.1, 0.15) is 41.4 Å². The molecule has 192 valence electrons. The molecular weight excluding hydrogens is 526 g/mol. The van der Waals surface area contributed by atoms with E-state index < -0.39 is 53.2 Å². The summed E-state index contributed by atoms with van der Waals surface area (Å²) >= 11 is 3.20. The SMILES string of the molecule is CC(C)(C)C(=O)OCC1OC(n2cnc(N)c3c(C(N)=O)c(Br)nc2-3)C(O)C1OC(=O)C(C)(C)C. The number of aliphatic hydroxyl groups is 1. The molecule has 0 aromatic heterocycles. The highest BCUT2D eigenvalue weighted by molar-refractivity contribution is 9.10. The molecule has 4 atom stereocenters. The van der Waals surface area contributed by atoms with Gasteiger partial charge in [0.05, 0.1) is 22.0 Å². The fraction of sp³-hybridized carbons (Fsp3) is 0.591. The van der Waals surface area contributed by atoms with Gasteiger partial charge in [0.15, 0.2) is 12.3 Å². The second-order valence-corrected chi connectivity index (χ2v) is 11.2. The molecular formula is C22H30BrN5O7. The fourth-order valence-electron chi connectivity index (χ4n) is 3.41. The van der Waals surface area contributed by atoms with Crippen molar-refractivity contribution in [3.05, 3.63) is 16.5 Å². The number of aromatic nitrogens is 3. The zero-order valence-corrected chi connectivity index (χ0v) is 22.0. The number of carbonyl (C=O) groups excluding carboxylic acids is 3.